The molecule has 0 aromatic carbocycles. The van der Waals surface area contributed by atoms with E-state index in [9.17, 15) is 30.0 Å². The number of allylic oxidation sites excluding steroid dienone is 2. The van der Waals surface area contributed by atoms with E-state index in [-0.39, 0.29) is 18.8 Å². The predicted molar refractivity (Wildman–Crippen MR) is 180 cm³/mol. The number of likely N-dealkylation sites (N-methyl/N-ethyl adjacent to an activating group) is 1. The van der Waals surface area contributed by atoms with Crippen molar-refractivity contribution >= 4 is 12.3 Å². The molecule has 0 bridgehead atoms. The lowest BCUT2D eigenvalue weighted by molar-refractivity contribution is -0.340. The number of hydrogen-bond donors (Lipinski definition) is 4. The highest BCUT2D eigenvalue weighted by molar-refractivity contribution is 5.70. The van der Waals surface area contributed by atoms with Gasteiger partial charge in [-0.2, -0.15) is 0 Å². The molecular formula is C36H61NO12. The van der Waals surface area contributed by atoms with Crippen LogP contribution in [-0.4, -0.2) is 138 Å². The van der Waals surface area contributed by atoms with Gasteiger partial charge in [-0.1, -0.05) is 45.1 Å². The van der Waals surface area contributed by atoms with Crippen molar-refractivity contribution in [1.82, 2.24) is 4.90 Å². The van der Waals surface area contributed by atoms with Crippen LogP contribution in [0.4, 0.5) is 0 Å². The van der Waals surface area contributed by atoms with Crippen LogP contribution in [0, 0.1) is 17.3 Å². The Hall–Kier alpha value is -1.78. The first-order valence-corrected chi connectivity index (χ1v) is 17.5. The molecule has 3 heterocycles. The Morgan fingerprint density at radius 2 is 1.67 bits per heavy atom. The quantitative estimate of drug-likeness (QED) is 0.215. The topological polar surface area (TPSA) is 174 Å². The lowest BCUT2D eigenvalue weighted by atomic mass is 9.78. The first-order valence-electron chi connectivity index (χ1n) is 17.5. The molecule has 2 unspecified atom stereocenters. The van der Waals surface area contributed by atoms with Crippen LogP contribution in [0.15, 0.2) is 24.3 Å². The molecule has 0 amide bonds. The second kappa shape index (κ2) is 18.6. The normalized spacial score (nSPS) is 44.2. The molecular weight excluding hydrogens is 638 g/mol. The smallest absolute Gasteiger partial charge is 0.308 e. The van der Waals surface area contributed by atoms with Crippen LogP contribution in [0.2, 0.25) is 0 Å². The van der Waals surface area contributed by atoms with Crippen LogP contribution in [-0.2, 0) is 38.0 Å². The number of carbonyl (C=O) groups is 2. The average Bonchev–Trinajstić information content (AvgIpc) is 3.00. The maximum atomic E-state index is 12.8. The van der Waals surface area contributed by atoms with Gasteiger partial charge in [-0.05, 0) is 58.5 Å². The summed E-state index contributed by atoms with van der Waals surface area (Å²) in [6, 6.07) is -0.639. The Kier molecular flexibility index (Phi) is 15.8. The van der Waals surface area contributed by atoms with Crippen molar-refractivity contribution in [3.05, 3.63) is 24.3 Å². The molecule has 49 heavy (non-hydrogen) atoms. The van der Waals surface area contributed by atoms with Crippen LogP contribution < -0.4 is 0 Å². The zero-order valence-electron chi connectivity index (χ0n) is 30.6. The summed E-state index contributed by atoms with van der Waals surface area (Å²) >= 11 is 0. The highest BCUT2D eigenvalue weighted by Gasteiger charge is 2.51. The molecule has 0 aromatic heterocycles. The molecule has 13 nitrogen and oxygen atoms in total. The van der Waals surface area contributed by atoms with E-state index >= 15 is 0 Å². The van der Waals surface area contributed by atoms with Gasteiger partial charge >= 0.3 is 5.97 Å². The van der Waals surface area contributed by atoms with Crippen molar-refractivity contribution in [2.24, 2.45) is 17.3 Å². The van der Waals surface area contributed by atoms with E-state index in [1.807, 2.05) is 31.7 Å². The first kappa shape index (κ1) is 41.6. The van der Waals surface area contributed by atoms with Crippen molar-refractivity contribution in [3.8, 4) is 0 Å². The van der Waals surface area contributed by atoms with E-state index < -0.39 is 103 Å². The summed E-state index contributed by atoms with van der Waals surface area (Å²) < 4.78 is 36.6. The lowest BCUT2D eigenvalue weighted by Gasteiger charge is -2.50. The van der Waals surface area contributed by atoms with Gasteiger partial charge in [0.2, 0.25) is 0 Å². The maximum Gasteiger partial charge on any atom is 0.308 e. The van der Waals surface area contributed by atoms with Crippen LogP contribution >= 0.6 is 0 Å². The number of esters is 1. The van der Waals surface area contributed by atoms with Crippen molar-refractivity contribution < 1.29 is 58.4 Å². The number of hydrogen-bond acceptors (Lipinski definition) is 13. The minimum atomic E-state index is -1.39. The molecule has 3 aliphatic heterocycles. The number of cyclic esters (lactones) is 1. The fourth-order valence-corrected chi connectivity index (χ4v) is 7.26. The number of nitrogens with zero attached hydrogens (tertiary/aromatic N) is 1. The highest BCUT2D eigenvalue weighted by Crippen LogP contribution is 2.39. The molecule has 3 rings (SSSR count). The highest BCUT2D eigenvalue weighted by atomic mass is 16.7. The van der Waals surface area contributed by atoms with Gasteiger partial charge in [0.15, 0.2) is 12.6 Å². The summed E-state index contributed by atoms with van der Waals surface area (Å²) in [4.78, 5) is 26.7. The van der Waals surface area contributed by atoms with Crippen LogP contribution in [0.3, 0.4) is 0 Å². The third kappa shape index (κ3) is 11.1. The van der Waals surface area contributed by atoms with E-state index in [4.69, 9.17) is 28.4 Å². The zero-order valence-corrected chi connectivity index (χ0v) is 30.6. The minimum absolute atomic E-state index is 0.0144. The summed E-state index contributed by atoms with van der Waals surface area (Å²) in [7, 11) is 4.98. The molecule has 13 heteroatoms. The average molecular weight is 700 g/mol. The summed E-state index contributed by atoms with van der Waals surface area (Å²) in [6.07, 6.45) is -2.04. The summed E-state index contributed by atoms with van der Waals surface area (Å²) in [6.45, 7) is 11.1. The van der Waals surface area contributed by atoms with E-state index in [2.05, 4.69) is 0 Å². The number of aliphatic hydroxyl groups excluding tert-OH is 4. The molecule has 2 fully saturated rings. The summed E-state index contributed by atoms with van der Waals surface area (Å²) in [5, 5.41) is 44.8. The van der Waals surface area contributed by atoms with Crippen LogP contribution in [0.1, 0.15) is 73.6 Å². The second-order valence-electron chi connectivity index (χ2n) is 15.0. The monoisotopic (exact) mass is 699 g/mol. The molecule has 15 atom stereocenters. The maximum absolute atomic E-state index is 12.8. The fourth-order valence-electron chi connectivity index (χ4n) is 7.26. The van der Waals surface area contributed by atoms with E-state index in [1.165, 1.54) is 7.11 Å². The Bertz CT molecular complexity index is 1100. The molecule has 282 valence electrons. The van der Waals surface area contributed by atoms with Crippen molar-refractivity contribution in [2.75, 3.05) is 21.2 Å². The molecule has 4 N–H and O–H groups in total. The van der Waals surface area contributed by atoms with Crippen LogP contribution in [0.5, 0.6) is 0 Å². The Balaban J connectivity index is 1.94. The zero-order chi connectivity index (χ0) is 36.6. The largest absolute Gasteiger partial charge is 0.462 e. The van der Waals surface area contributed by atoms with E-state index in [0.29, 0.717) is 12.8 Å². The third-order valence-electron chi connectivity index (χ3n) is 10.1. The Labute approximate surface area is 291 Å². The number of aldehydes is 1. The third-order valence-corrected chi connectivity index (χ3v) is 10.1. The van der Waals surface area contributed by atoms with Gasteiger partial charge in [-0.15, -0.1) is 0 Å². The molecule has 2 saturated heterocycles. The summed E-state index contributed by atoms with van der Waals surface area (Å²) in [5.41, 5.74) is -0.464. The molecule has 3 aliphatic rings. The molecule has 0 saturated carbocycles. The van der Waals surface area contributed by atoms with Gasteiger partial charge in [-0.25, -0.2) is 0 Å². The fraction of sp³-hybridized carbons (Fsp3) is 0.833. The van der Waals surface area contributed by atoms with Gasteiger partial charge in [0.1, 0.15) is 30.7 Å². The molecule has 0 spiro atoms. The SMILES string of the molecule is COC1[C@@H](O[C@@H]2O[C@H](C)[C@@H](O[C@@H]3CC(C)(C)[C@H](O)[C@@H](C)O3)[C@H](N(C)C)[C@H]2O)C(CC=O)C[C@@H](C)[C@@H](O)/C=C/C=C/C[C@@H](C)OC(=O)C[C@H]1O. The van der Waals surface area contributed by atoms with E-state index in [0.717, 1.165) is 6.29 Å². The Morgan fingerprint density at radius 1 is 0.980 bits per heavy atom. The van der Waals surface area contributed by atoms with Gasteiger partial charge in [-0.3, -0.25) is 4.79 Å². The number of aliphatic hydroxyl groups is 4. The van der Waals surface area contributed by atoms with E-state index in [1.54, 1.807) is 53.1 Å². The van der Waals surface area contributed by atoms with Gasteiger partial charge in [0, 0.05) is 26.4 Å². The minimum Gasteiger partial charge on any atom is -0.462 e. The molecule has 0 radical (unpaired) electrons. The van der Waals surface area contributed by atoms with Crippen molar-refractivity contribution in [3.63, 3.8) is 0 Å². The van der Waals surface area contributed by atoms with Crippen LogP contribution in [0.25, 0.3) is 0 Å². The number of rotatable bonds is 8. The van der Waals surface area contributed by atoms with Crippen molar-refractivity contribution in [1.29, 1.82) is 0 Å². The molecule has 0 aromatic rings. The van der Waals surface area contributed by atoms with Crippen molar-refractivity contribution in [2.45, 2.75) is 153 Å². The lowest BCUT2D eigenvalue weighted by Crippen LogP contribution is -2.65. The van der Waals surface area contributed by atoms with Gasteiger partial charge < -0.3 is 58.5 Å². The number of carbonyl (C=O) groups excluding carboxylic acids is 2. The molecule has 0 aliphatic carbocycles. The predicted octanol–water partition coefficient (Wildman–Crippen LogP) is 2.12. The van der Waals surface area contributed by atoms with Gasteiger partial charge in [0.05, 0.1) is 49.1 Å². The van der Waals surface area contributed by atoms with Gasteiger partial charge in [0.25, 0.3) is 0 Å². The standard InChI is InChI=1S/C36H61NO12/c1-20-17-24(15-16-38)32(33(44-9)26(40)18-27(41)45-21(2)13-11-10-12-14-25(20)39)49-35-30(42)29(37(7)8)31(22(3)47-35)48-28-19-36(5,6)34(43)23(4)46-28/h10-12,14,16,20-26,28-35,39-40,42-43H,13,15,17-19H2,1-9H3/b11-10+,14-12+/t20-,21-,22-,23-,24?,25+,26-,28-,29-,30-,31-,32+,33?,34-,35+/m1/s1. The summed E-state index contributed by atoms with van der Waals surface area (Å²) in [5.74, 6) is -1.58. The number of ether oxygens (including phenoxy) is 6. The number of methoxy groups -OCH3 is 1. The first-order chi connectivity index (χ1) is 23.0. The second-order valence-corrected chi connectivity index (χ2v) is 15.0. The Morgan fingerprint density at radius 3 is 2.29 bits per heavy atom.